The largest absolute Gasteiger partial charge is 0.465 e. The van der Waals surface area contributed by atoms with Gasteiger partial charge in [0.25, 0.3) is 11.5 Å². The lowest BCUT2D eigenvalue weighted by molar-refractivity contribution is 0.0302. The van der Waals surface area contributed by atoms with Crippen molar-refractivity contribution in [1.29, 1.82) is 0 Å². The maximum Gasteiger partial charge on any atom is 0.407 e. The number of nitrogens with one attached hydrogen (secondary N) is 2. The van der Waals surface area contributed by atoms with E-state index in [9.17, 15) is 19.5 Å². The molecule has 0 atom stereocenters. The van der Waals surface area contributed by atoms with Crippen molar-refractivity contribution in [3.8, 4) is 0 Å². The zero-order chi connectivity index (χ0) is 26.9. The molecule has 2 amide bonds. The van der Waals surface area contributed by atoms with Gasteiger partial charge in [0.1, 0.15) is 5.39 Å². The molecule has 0 aliphatic carbocycles. The molecule has 1 aromatic carbocycles. The van der Waals surface area contributed by atoms with E-state index in [-0.39, 0.29) is 11.5 Å². The molecule has 11 nitrogen and oxygen atoms in total. The molecule has 2 aromatic heterocycles. The quantitative estimate of drug-likeness (QED) is 0.452. The Morgan fingerprint density at radius 1 is 1.11 bits per heavy atom. The number of ether oxygens (including phenoxy) is 1. The smallest absolute Gasteiger partial charge is 0.407 e. The monoisotopic (exact) mass is 522 g/mol. The van der Waals surface area contributed by atoms with Gasteiger partial charge < -0.3 is 29.9 Å². The first kappa shape index (κ1) is 25.8. The van der Waals surface area contributed by atoms with Gasteiger partial charge in [-0.2, -0.15) is 5.10 Å². The predicted octanol–water partition coefficient (Wildman–Crippen LogP) is 3.38. The van der Waals surface area contributed by atoms with Gasteiger partial charge in [0.2, 0.25) is 0 Å². The maximum atomic E-state index is 13.1. The summed E-state index contributed by atoms with van der Waals surface area (Å²) in [5.74, 6) is 0.435. The van der Waals surface area contributed by atoms with Gasteiger partial charge in [-0.3, -0.25) is 14.3 Å². The molecule has 2 aliphatic rings. The van der Waals surface area contributed by atoms with Crippen LogP contribution in [0.15, 0.2) is 35.3 Å². The number of fused-ring (bicyclic) bond motifs is 1. The van der Waals surface area contributed by atoms with Crippen LogP contribution in [0.1, 0.15) is 49.0 Å². The number of aromatic nitrogens is 3. The van der Waals surface area contributed by atoms with Gasteiger partial charge in [-0.25, -0.2) is 4.79 Å². The zero-order valence-electron chi connectivity index (χ0n) is 21.8. The third-order valence-corrected chi connectivity index (χ3v) is 7.95. The van der Waals surface area contributed by atoms with Gasteiger partial charge in [-0.1, -0.05) is 13.8 Å². The average molecular weight is 523 g/mol. The van der Waals surface area contributed by atoms with E-state index in [0.29, 0.717) is 80.9 Å². The van der Waals surface area contributed by atoms with E-state index in [1.165, 1.54) is 4.90 Å². The van der Waals surface area contributed by atoms with Crippen molar-refractivity contribution in [2.45, 2.75) is 45.1 Å². The van der Waals surface area contributed by atoms with Crippen molar-refractivity contribution in [3.63, 3.8) is 0 Å². The Labute approximate surface area is 220 Å². The van der Waals surface area contributed by atoms with Crippen LogP contribution < -0.4 is 10.9 Å². The van der Waals surface area contributed by atoms with Crippen LogP contribution in [0, 0.1) is 0 Å². The predicted molar refractivity (Wildman–Crippen MR) is 143 cm³/mol. The number of hydrogen-bond acceptors (Lipinski definition) is 6. The zero-order valence-corrected chi connectivity index (χ0v) is 21.8. The SMILES string of the molecule is CCc1cc(Nc2nn(C3(CC)CCN(C(=O)O)CC3)c3cc[nH]c(=O)c23)ccc1C(=O)N1CCOCC1. The number of piperidine rings is 1. The van der Waals surface area contributed by atoms with Gasteiger partial charge >= 0.3 is 6.09 Å². The number of nitrogens with zero attached hydrogens (tertiary/aromatic N) is 4. The fourth-order valence-corrected chi connectivity index (χ4v) is 5.60. The third-order valence-electron chi connectivity index (χ3n) is 7.95. The Hall–Kier alpha value is -3.86. The van der Waals surface area contributed by atoms with E-state index >= 15 is 0 Å². The van der Waals surface area contributed by atoms with E-state index in [0.717, 1.165) is 17.7 Å². The average Bonchev–Trinajstić information content (AvgIpc) is 3.33. The number of hydrogen-bond donors (Lipinski definition) is 3. The number of benzene rings is 1. The lowest BCUT2D eigenvalue weighted by Gasteiger charge is -2.41. The Morgan fingerprint density at radius 2 is 1.84 bits per heavy atom. The lowest BCUT2D eigenvalue weighted by Crippen LogP contribution is -2.47. The Kier molecular flexibility index (Phi) is 7.11. The second kappa shape index (κ2) is 10.5. The lowest BCUT2D eigenvalue weighted by atomic mass is 9.85. The highest BCUT2D eigenvalue weighted by Gasteiger charge is 2.38. The fraction of sp³-hybridized carbons (Fsp3) is 0.481. The molecule has 38 heavy (non-hydrogen) atoms. The van der Waals surface area contributed by atoms with Crippen LogP contribution in [0.25, 0.3) is 10.9 Å². The first-order valence-electron chi connectivity index (χ1n) is 13.2. The number of carboxylic acid groups (broad SMARTS) is 1. The van der Waals surface area contributed by atoms with Crippen LogP contribution in [0.2, 0.25) is 0 Å². The molecule has 0 unspecified atom stereocenters. The maximum absolute atomic E-state index is 13.1. The number of rotatable bonds is 6. The van der Waals surface area contributed by atoms with Crippen LogP contribution in [0.3, 0.4) is 0 Å². The highest BCUT2D eigenvalue weighted by molar-refractivity contribution is 5.97. The standard InChI is InChI=1S/C27H34N6O5/c1-3-18-17-19(5-6-20(18)25(35)31-13-15-38-16-14-31)29-23-22-21(7-10-28-24(22)34)33(30-23)27(4-2)8-11-32(12-9-27)26(36)37/h5-7,10,17H,3-4,8-9,11-16H2,1-2H3,(H,28,34)(H,29,30)(H,36,37). The van der Waals surface area contributed by atoms with Crippen molar-refractivity contribution >= 4 is 34.4 Å². The van der Waals surface area contributed by atoms with Crippen molar-refractivity contribution in [3.05, 3.63) is 51.9 Å². The number of amides is 2. The summed E-state index contributed by atoms with van der Waals surface area (Å²) in [6.07, 6.45) is 3.34. The molecule has 3 aromatic rings. The van der Waals surface area contributed by atoms with Crippen LogP contribution in [-0.2, 0) is 16.7 Å². The molecular weight excluding hydrogens is 488 g/mol. The number of aromatic amines is 1. The molecule has 4 heterocycles. The number of aryl methyl sites for hydroxylation is 1. The minimum Gasteiger partial charge on any atom is -0.465 e. The molecule has 0 saturated carbocycles. The summed E-state index contributed by atoms with van der Waals surface area (Å²) in [5, 5.41) is 18.1. The minimum absolute atomic E-state index is 0.000429. The second-order valence-electron chi connectivity index (χ2n) is 9.93. The number of likely N-dealkylation sites (tertiary alicyclic amines) is 1. The second-order valence-corrected chi connectivity index (χ2v) is 9.93. The summed E-state index contributed by atoms with van der Waals surface area (Å²) >= 11 is 0. The first-order valence-corrected chi connectivity index (χ1v) is 13.2. The molecule has 0 spiro atoms. The molecule has 2 aliphatic heterocycles. The van der Waals surface area contributed by atoms with Crippen molar-refractivity contribution in [2.24, 2.45) is 0 Å². The minimum atomic E-state index is -0.916. The number of pyridine rings is 1. The molecule has 2 saturated heterocycles. The van der Waals surface area contributed by atoms with Gasteiger partial charge in [-0.05, 0) is 55.5 Å². The van der Waals surface area contributed by atoms with E-state index in [1.807, 2.05) is 40.8 Å². The molecule has 5 rings (SSSR count). The number of H-pyrrole nitrogens is 1. The highest BCUT2D eigenvalue weighted by Crippen LogP contribution is 2.37. The summed E-state index contributed by atoms with van der Waals surface area (Å²) < 4.78 is 7.29. The number of carbonyl (C=O) groups is 2. The van der Waals surface area contributed by atoms with Crippen molar-refractivity contribution in [2.75, 3.05) is 44.7 Å². The Balaban J connectivity index is 1.49. The third kappa shape index (κ3) is 4.62. The van der Waals surface area contributed by atoms with Gasteiger partial charge in [-0.15, -0.1) is 0 Å². The Morgan fingerprint density at radius 3 is 2.50 bits per heavy atom. The summed E-state index contributed by atoms with van der Waals surface area (Å²) in [7, 11) is 0. The van der Waals surface area contributed by atoms with Crippen molar-refractivity contribution in [1.82, 2.24) is 24.6 Å². The van der Waals surface area contributed by atoms with Gasteiger partial charge in [0.05, 0.1) is 24.3 Å². The highest BCUT2D eigenvalue weighted by atomic mass is 16.5. The molecule has 3 N–H and O–H groups in total. The van der Waals surface area contributed by atoms with E-state index < -0.39 is 11.6 Å². The van der Waals surface area contributed by atoms with Crippen molar-refractivity contribution < 1.29 is 19.4 Å². The van der Waals surface area contributed by atoms with Crippen LogP contribution in [-0.4, -0.2) is 81.1 Å². The van der Waals surface area contributed by atoms with Crippen LogP contribution in [0.5, 0.6) is 0 Å². The topological polar surface area (TPSA) is 133 Å². The summed E-state index contributed by atoms with van der Waals surface area (Å²) in [5.41, 5.74) is 2.37. The van der Waals surface area contributed by atoms with Crippen LogP contribution >= 0.6 is 0 Å². The first-order chi connectivity index (χ1) is 18.4. The molecule has 0 radical (unpaired) electrons. The van der Waals surface area contributed by atoms with Crippen LogP contribution in [0.4, 0.5) is 16.3 Å². The van der Waals surface area contributed by atoms with E-state index in [1.54, 1.807) is 6.20 Å². The van der Waals surface area contributed by atoms with E-state index in [4.69, 9.17) is 9.84 Å². The normalized spacial score (nSPS) is 17.5. The summed E-state index contributed by atoms with van der Waals surface area (Å²) in [4.78, 5) is 43.6. The van der Waals surface area contributed by atoms with E-state index in [2.05, 4.69) is 17.2 Å². The molecule has 11 heteroatoms. The van der Waals surface area contributed by atoms with Gasteiger partial charge in [0, 0.05) is 43.6 Å². The van der Waals surface area contributed by atoms with Gasteiger partial charge in [0.15, 0.2) is 5.82 Å². The molecule has 0 bridgehead atoms. The molecular formula is C27H34N6O5. The fourth-order valence-electron chi connectivity index (χ4n) is 5.60. The number of carbonyl (C=O) groups excluding carboxylic acids is 1. The molecule has 202 valence electrons. The number of morpholine rings is 1. The summed E-state index contributed by atoms with van der Waals surface area (Å²) in [6, 6.07) is 7.46. The Bertz CT molecular complexity index is 1400. The summed E-state index contributed by atoms with van der Waals surface area (Å²) in [6.45, 7) is 7.16. The number of anilines is 2. The molecule has 2 fully saturated rings.